The zero-order valence-electron chi connectivity index (χ0n) is 15.5. The van der Waals surface area contributed by atoms with Crippen LogP contribution in [0.15, 0.2) is 30.3 Å². The summed E-state index contributed by atoms with van der Waals surface area (Å²) < 4.78 is 39.5. The second-order valence-corrected chi connectivity index (χ2v) is 7.81. The van der Waals surface area contributed by atoms with Gasteiger partial charge in [-0.15, -0.1) is 0 Å². The van der Waals surface area contributed by atoms with E-state index < -0.39 is 18.0 Å². The van der Waals surface area contributed by atoms with E-state index in [-0.39, 0.29) is 17.2 Å². The molecule has 1 aliphatic heterocycles. The number of fused-ring (bicyclic) bond motifs is 1. The van der Waals surface area contributed by atoms with Crippen molar-refractivity contribution < 1.29 is 18.0 Å². The van der Waals surface area contributed by atoms with Gasteiger partial charge in [-0.25, -0.2) is 9.97 Å². The fourth-order valence-electron chi connectivity index (χ4n) is 3.37. The monoisotopic (exact) mass is 421 g/mol. The number of benzene rings is 1. The molecule has 1 N–H and O–H groups in total. The van der Waals surface area contributed by atoms with Crippen molar-refractivity contribution in [3.8, 4) is 0 Å². The maximum absolute atomic E-state index is 13.0. The molecule has 1 fully saturated rings. The fourth-order valence-corrected chi connectivity index (χ4v) is 4.39. The number of hydrogen-bond donors (Lipinski definition) is 1. The number of aryl methyl sites for hydroxylation is 1. The maximum atomic E-state index is 13.0. The molecule has 0 radical (unpaired) electrons. The number of amides is 1. The molecular formula is C19H18F3N5OS. The van der Waals surface area contributed by atoms with E-state index in [2.05, 4.69) is 20.3 Å². The molecule has 29 heavy (non-hydrogen) atoms. The standard InChI is InChI=1S/C19H18F3N5OS/c1-11-14-15(25-17(24-11)19(20,21)22)26-18(29-14)27-9-5-8-13(27)16(28)23-10-12-6-3-2-4-7-12/h2-4,6-7,13H,5,8-10H2,1H3,(H,23,28)/t13-/m1/s1. The Bertz CT molecular complexity index is 1040. The Kier molecular flexibility index (Phi) is 5.12. The van der Waals surface area contributed by atoms with Crippen molar-refractivity contribution in [1.29, 1.82) is 0 Å². The second-order valence-electron chi connectivity index (χ2n) is 6.83. The summed E-state index contributed by atoms with van der Waals surface area (Å²) in [5, 5.41) is 3.43. The molecule has 1 aromatic carbocycles. The van der Waals surface area contributed by atoms with E-state index in [0.29, 0.717) is 29.3 Å². The summed E-state index contributed by atoms with van der Waals surface area (Å²) >= 11 is 1.22. The molecule has 10 heteroatoms. The highest BCUT2D eigenvalue weighted by Crippen LogP contribution is 2.35. The van der Waals surface area contributed by atoms with Gasteiger partial charge in [-0.1, -0.05) is 41.7 Å². The van der Waals surface area contributed by atoms with Gasteiger partial charge in [0.2, 0.25) is 11.7 Å². The Balaban J connectivity index is 1.56. The first-order valence-corrected chi connectivity index (χ1v) is 9.95. The van der Waals surface area contributed by atoms with Crippen LogP contribution in [0.5, 0.6) is 0 Å². The Labute approximate surface area is 168 Å². The molecule has 0 bridgehead atoms. The van der Waals surface area contributed by atoms with E-state index in [1.807, 2.05) is 35.2 Å². The van der Waals surface area contributed by atoms with Crippen LogP contribution in [-0.4, -0.2) is 33.4 Å². The molecule has 3 heterocycles. The van der Waals surface area contributed by atoms with Gasteiger partial charge in [0.1, 0.15) is 6.04 Å². The molecular weight excluding hydrogens is 403 g/mol. The van der Waals surface area contributed by atoms with Crippen molar-refractivity contribution in [2.24, 2.45) is 0 Å². The molecule has 4 rings (SSSR count). The van der Waals surface area contributed by atoms with Crippen molar-refractivity contribution >= 4 is 32.7 Å². The van der Waals surface area contributed by atoms with Crippen molar-refractivity contribution in [1.82, 2.24) is 20.3 Å². The molecule has 1 amide bonds. The fraction of sp³-hybridized carbons (Fsp3) is 0.368. The first kappa shape index (κ1) is 19.6. The minimum Gasteiger partial charge on any atom is -0.350 e. The van der Waals surface area contributed by atoms with Gasteiger partial charge in [0.25, 0.3) is 0 Å². The van der Waals surface area contributed by atoms with Crippen molar-refractivity contribution in [3.63, 3.8) is 0 Å². The lowest BCUT2D eigenvalue weighted by molar-refractivity contribution is -0.144. The summed E-state index contributed by atoms with van der Waals surface area (Å²) in [7, 11) is 0. The van der Waals surface area contributed by atoms with E-state index >= 15 is 0 Å². The average molecular weight is 421 g/mol. The summed E-state index contributed by atoms with van der Waals surface area (Å²) in [6.45, 7) is 2.54. The van der Waals surface area contributed by atoms with Crippen LogP contribution in [0, 0.1) is 6.92 Å². The number of rotatable bonds is 4. The number of carbonyl (C=O) groups is 1. The topological polar surface area (TPSA) is 71.0 Å². The van der Waals surface area contributed by atoms with Gasteiger partial charge in [-0.05, 0) is 25.3 Å². The highest BCUT2D eigenvalue weighted by Gasteiger charge is 2.37. The summed E-state index contributed by atoms with van der Waals surface area (Å²) in [4.78, 5) is 26.0. The number of hydrogen-bond acceptors (Lipinski definition) is 6. The van der Waals surface area contributed by atoms with Crippen LogP contribution in [0.2, 0.25) is 0 Å². The number of nitrogens with one attached hydrogen (secondary N) is 1. The van der Waals surface area contributed by atoms with E-state index in [9.17, 15) is 18.0 Å². The summed E-state index contributed by atoms with van der Waals surface area (Å²) in [6.07, 6.45) is -3.16. The molecule has 1 saturated heterocycles. The highest BCUT2D eigenvalue weighted by molar-refractivity contribution is 7.22. The molecule has 0 unspecified atom stereocenters. The molecule has 1 aliphatic rings. The molecule has 1 atom stereocenters. The minimum atomic E-state index is -4.63. The minimum absolute atomic E-state index is 0.0140. The Morgan fingerprint density at radius 2 is 2.00 bits per heavy atom. The third-order valence-electron chi connectivity index (χ3n) is 4.78. The van der Waals surface area contributed by atoms with Gasteiger partial charge in [-0.2, -0.15) is 18.2 Å². The smallest absolute Gasteiger partial charge is 0.350 e. The van der Waals surface area contributed by atoms with Crippen LogP contribution in [0.25, 0.3) is 10.3 Å². The van der Waals surface area contributed by atoms with Crippen molar-refractivity contribution in [3.05, 3.63) is 47.4 Å². The summed E-state index contributed by atoms with van der Waals surface area (Å²) in [6, 6.07) is 9.17. The lowest BCUT2D eigenvalue weighted by Crippen LogP contribution is -2.43. The van der Waals surface area contributed by atoms with Crippen LogP contribution < -0.4 is 10.2 Å². The number of aromatic nitrogens is 3. The zero-order chi connectivity index (χ0) is 20.6. The zero-order valence-corrected chi connectivity index (χ0v) is 16.3. The van der Waals surface area contributed by atoms with Crippen LogP contribution in [0.3, 0.4) is 0 Å². The van der Waals surface area contributed by atoms with E-state index in [4.69, 9.17) is 0 Å². The Hall–Kier alpha value is -2.75. The molecule has 2 aromatic heterocycles. The predicted molar refractivity (Wildman–Crippen MR) is 104 cm³/mol. The number of halogens is 3. The maximum Gasteiger partial charge on any atom is 0.451 e. The molecule has 0 aliphatic carbocycles. The number of anilines is 1. The van der Waals surface area contributed by atoms with E-state index in [1.165, 1.54) is 18.3 Å². The third kappa shape index (κ3) is 4.02. The molecule has 152 valence electrons. The van der Waals surface area contributed by atoms with Crippen LogP contribution in [0.1, 0.15) is 29.9 Å². The second kappa shape index (κ2) is 7.58. The van der Waals surface area contributed by atoms with Crippen LogP contribution in [0.4, 0.5) is 18.3 Å². The first-order chi connectivity index (χ1) is 13.8. The first-order valence-electron chi connectivity index (χ1n) is 9.13. The third-order valence-corrected chi connectivity index (χ3v) is 5.97. The van der Waals surface area contributed by atoms with Gasteiger partial charge in [0.15, 0.2) is 10.8 Å². The normalized spacial score (nSPS) is 17.1. The lowest BCUT2D eigenvalue weighted by Gasteiger charge is -2.23. The average Bonchev–Trinajstić information content (AvgIpc) is 3.33. The molecule has 3 aromatic rings. The molecule has 0 saturated carbocycles. The summed E-state index contributed by atoms with van der Waals surface area (Å²) in [5.41, 5.74) is 1.24. The highest BCUT2D eigenvalue weighted by atomic mass is 32.1. The Morgan fingerprint density at radius 3 is 2.72 bits per heavy atom. The van der Waals surface area contributed by atoms with Gasteiger partial charge >= 0.3 is 6.18 Å². The van der Waals surface area contributed by atoms with Crippen LogP contribution >= 0.6 is 11.3 Å². The molecule has 0 spiro atoms. The molecule has 6 nitrogen and oxygen atoms in total. The van der Waals surface area contributed by atoms with Gasteiger partial charge in [0.05, 0.1) is 10.4 Å². The largest absolute Gasteiger partial charge is 0.451 e. The number of alkyl halides is 3. The van der Waals surface area contributed by atoms with Crippen molar-refractivity contribution in [2.45, 2.75) is 38.5 Å². The quantitative estimate of drug-likeness (QED) is 0.696. The predicted octanol–water partition coefficient (Wildman–Crippen LogP) is 3.70. The van der Waals surface area contributed by atoms with Crippen LogP contribution in [-0.2, 0) is 17.5 Å². The number of nitrogens with zero attached hydrogens (tertiary/aromatic N) is 4. The lowest BCUT2D eigenvalue weighted by atomic mass is 10.2. The van der Waals surface area contributed by atoms with E-state index in [1.54, 1.807) is 0 Å². The van der Waals surface area contributed by atoms with E-state index in [0.717, 1.165) is 12.0 Å². The number of carbonyl (C=O) groups excluding carboxylic acids is 1. The van der Waals surface area contributed by atoms with Gasteiger partial charge < -0.3 is 10.2 Å². The Morgan fingerprint density at radius 1 is 1.24 bits per heavy atom. The number of thiazole rings is 1. The SMILES string of the molecule is Cc1nc(C(F)(F)F)nc2nc(N3CCC[C@@H]3C(=O)NCc3ccccc3)sc12. The summed E-state index contributed by atoms with van der Waals surface area (Å²) in [5.74, 6) is -1.32. The van der Waals surface area contributed by atoms with Gasteiger partial charge in [-0.3, -0.25) is 4.79 Å². The van der Waals surface area contributed by atoms with Crippen molar-refractivity contribution in [2.75, 3.05) is 11.4 Å². The van der Waals surface area contributed by atoms with Gasteiger partial charge in [0, 0.05) is 13.1 Å².